The van der Waals surface area contributed by atoms with Crippen LogP contribution in [0.1, 0.15) is 69.9 Å². The summed E-state index contributed by atoms with van der Waals surface area (Å²) in [6.45, 7) is 8.33. The molecule has 0 aromatic heterocycles. The maximum absolute atomic E-state index is 13.1. The van der Waals surface area contributed by atoms with Crippen molar-refractivity contribution in [2.75, 3.05) is 19.0 Å². The highest BCUT2D eigenvalue weighted by Gasteiger charge is 2.30. The van der Waals surface area contributed by atoms with E-state index < -0.39 is 15.4 Å². The van der Waals surface area contributed by atoms with E-state index in [2.05, 4.69) is 16.7 Å². The molecule has 1 aliphatic rings. The molecule has 2 N–H and O–H groups in total. The van der Waals surface area contributed by atoms with E-state index in [-0.39, 0.29) is 22.0 Å². The Kier molecular flexibility index (Phi) is 10.3. The molecule has 0 aliphatic heterocycles. The van der Waals surface area contributed by atoms with Gasteiger partial charge >= 0.3 is 0 Å². The first kappa shape index (κ1) is 30.1. The van der Waals surface area contributed by atoms with Crippen LogP contribution in [0.2, 0.25) is 0 Å². The molecular formula is C29H41N3O4S2. The topological polar surface area (TPSA) is 87.7 Å². The molecule has 3 rings (SSSR count). The maximum Gasteiger partial charge on any atom is 0.243 e. The molecule has 0 heterocycles. The van der Waals surface area contributed by atoms with Crippen LogP contribution in [0.4, 0.5) is 5.69 Å². The number of aryl methyl sites for hydroxylation is 2. The number of hydrogen-bond donors (Lipinski definition) is 2. The first-order chi connectivity index (χ1) is 17.9. The van der Waals surface area contributed by atoms with E-state index in [0.717, 1.165) is 49.0 Å². The molecule has 208 valence electrons. The Morgan fingerprint density at radius 3 is 2.39 bits per heavy atom. The minimum absolute atomic E-state index is 0.0518. The van der Waals surface area contributed by atoms with Crippen LogP contribution in [-0.4, -0.2) is 43.4 Å². The zero-order valence-corrected chi connectivity index (χ0v) is 24.8. The molecule has 0 spiro atoms. The molecule has 1 aliphatic carbocycles. The van der Waals surface area contributed by atoms with Gasteiger partial charge in [-0.3, -0.25) is 4.79 Å². The van der Waals surface area contributed by atoms with Gasteiger partial charge in [0.15, 0.2) is 5.11 Å². The molecule has 0 saturated heterocycles. The van der Waals surface area contributed by atoms with Gasteiger partial charge in [-0.1, -0.05) is 45.2 Å². The first-order valence-corrected chi connectivity index (χ1v) is 15.2. The summed E-state index contributed by atoms with van der Waals surface area (Å²) in [5, 5.41) is 5.92. The van der Waals surface area contributed by atoms with Crippen LogP contribution in [-0.2, 0) is 14.8 Å². The number of ether oxygens (including phenoxy) is 1. The molecule has 7 nitrogen and oxygen atoms in total. The van der Waals surface area contributed by atoms with Gasteiger partial charge in [0, 0.05) is 24.2 Å². The van der Waals surface area contributed by atoms with Crippen LogP contribution >= 0.6 is 12.2 Å². The number of benzene rings is 2. The van der Waals surface area contributed by atoms with Crippen LogP contribution in [0, 0.1) is 19.3 Å². The second-order valence-electron chi connectivity index (χ2n) is 10.9. The lowest BCUT2D eigenvalue weighted by Gasteiger charge is -2.30. The van der Waals surface area contributed by atoms with Crippen molar-refractivity contribution in [1.29, 1.82) is 0 Å². The molecule has 0 radical (unpaired) electrons. The molecule has 2 aromatic carbocycles. The summed E-state index contributed by atoms with van der Waals surface area (Å²) in [6.07, 6.45) is 6.45. The van der Waals surface area contributed by atoms with Gasteiger partial charge in [-0.05, 0) is 93.2 Å². The average molecular weight is 560 g/mol. The van der Waals surface area contributed by atoms with Gasteiger partial charge in [-0.15, -0.1) is 0 Å². The number of thiocarbonyl (C=S) groups is 1. The lowest BCUT2D eigenvalue weighted by molar-refractivity contribution is -0.128. The molecule has 1 fully saturated rings. The fourth-order valence-corrected chi connectivity index (χ4v) is 6.25. The summed E-state index contributed by atoms with van der Waals surface area (Å²) in [5.41, 5.74) is 2.20. The standard InChI is InChI=1S/C29H41N3O4S2/c1-21-12-13-22(2)26(20-21)36-19-9-18-29(3,4)27(33)31-28(37)30-23-14-16-25(17-15-23)38(34,35)32(5)24-10-7-6-8-11-24/h12-17,20,24H,6-11,18-19H2,1-5H3,(H2,30,31,33,37). The maximum atomic E-state index is 13.1. The van der Waals surface area contributed by atoms with E-state index in [1.807, 2.05) is 39.8 Å². The summed E-state index contributed by atoms with van der Waals surface area (Å²) in [5.74, 6) is 0.687. The number of rotatable bonds is 10. The fourth-order valence-electron chi connectivity index (χ4n) is 4.62. The monoisotopic (exact) mass is 559 g/mol. The Morgan fingerprint density at radius 2 is 1.74 bits per heavy atom. The summed E-state index contributed by atoms with van der Waals surface area (Å²) in [6, 6.07) is 12.6. The second-order valence-corrected chi connectivity index (χ2v) is 13.3. The van der Waals surface area contributed by atoms with Crippen LogP contribution in [0.5, 0.6) is 5.75 Å². The van der Waals surface area contributed by atoms with Gasteiger partial charge in [0.1, 0.15) is 5.75 Å². The molecule has 1 amide bonds. The molecule has 1 saturated carbocycles. The van der Waals surface area contributed by atoms with E-state index >= 15 is 0 Å². The van der Waals surface area contributed by atoms with Crippen LogP contribution in [0.15, 0.2) is 47.4 Å². The van der Waals surface area contributed by atoms with Gasteiger partial charge in [-0.25, -0.2) is 8.42 Å². The highest BCUT2D eigenvalue weighted by Crippen LogP contribution is 2.27. The number of carbonyl (C=O) groups is 1. The van der Waals surface area contributed by atoms with Crippen molar-refractivity contribution in [3.8, 4) is 5.75 Å². The smallest absolute Gasteiger partial charge is 0.243 e. The Hall–Kier alpha value is -2.49. The lowest BCUT2D eigenvalue weighted by Crippen LogP contribution is -2.42. The third-order valence-electron chi connectivity index (χ3n) is 7.27. The number of hydrogen-bond acceptors (Lipinski definition) is 5. The van der Waals surface area contributed by atoms with Crippen molar-refractivity contribution in [1.82, 2.24) is 9.62 Å². The third kappa shape index (κ3) is 8.01. The third-order valence-corrected chi connectivity index (χ3v) is 9.40. The quantitative estimate of drug-likeness (QED) is 0.276. The van der Waals surface area contributed by atoms with Gasteiger partial charge in [0.25, 0.3) is 0 Å². The zero-order valence-electron chi connectivity index (χ0n) is 23.2. The largest absolute Gasteiger partial charge is 0.493 e. The Labute approximate surface area is 233 Å². The van der Waals surface area contributed by atoms with Crippen LogP contribution in [0.3, 0.4) is 0 Å². The molecule has 0 bridgehead atoms. The minimum Gasteiger partial charge on any atom is -0.493 e. The predicted octanol–water partition coefficient (Wildman–Crippen LogP) is 5.96. The Balaban J connectivity index is 1.48. The minimum atomic E-state index is -3.56. The summed E-state index contributed by atoms with van der Waals surface area (Å²) in [4.78, 5) is 13.1. The van der Waals surface area contributed by atoms with Gasteiger partial charge in [0.05, 0.1) is 11.5 Å². The first-order valence-electron chi connectivity index (χ1n) is 13.3. The van der Waals surface area contributed by atoms with Crippen molar-refractivity contribution < 1.29 is 17.9 Å². The molecule has 9 heteroatoms. The SMILES string of the molecule is Cc1ccc(C)c(OCCCC(C)(C)C(=O)NC(=S)Nc2ccc(S(=O)(=O)N(C)C3CCCCC3)cc2)c1. The zero-order chi connectivity index (χ0) is 27.9. The normalized spacial score (nSPS) is 14.8. The second kappa shape index (κ2) is 13.0. The highest BCUT2D eigenvalue weighted by molar-refractivity contribution is 7.89. The molecule has 2 aromatic rings. The van der Waals surface area contributed by atoms with Crippen molar-refractivity contribution in [3.05, 3.63) is 53.6 Å². The number of carbonyl (C=O) groups excluding carboxylic acids is 1. The van der Waals surface area contributed by atoms with E-state index in [9.17, 15) is 13.2 Å². The van der Waals surface area contributed by atoms with E-state index in [1.165, 1.54) is 10.7 Å². The van der Waals surface area contributed by atoms with Crippen molar-refractivity contribution in [3.63, 3.8) is 0 Å². The number of anilines is 1. The predicted molar refractivity (Wildman–Crippen MR) is 157 cm³/mol. The average Bonchev–Trinajstić information content (AvgIpc) is 2.88. The van der Waals surface area contributed by atoms with Gasteiger partial charge in [0.2, 0.25) is 15.9 Å². The van der Waals surface area contributed by atoms with Crippen LogP contribution in [0.25, 0.3) is 0 Å². The number of nitrogens with zero attached hydrogens (tertiary/aromatic N) is 1. The van der Waals surface area contributed by atoms with Gasteiger partial charge < -0.3 is 15.4 Å². The molecular weight excluding hydrogens is 518 g/mol. The fraction of sp³-hybridized carbons (Fsp3) is 0.517. The van der Waals surface area contributed by atoms with E-state index in [4.69, 9.17) is 17.0 Å². The van der Waals surface area contributed by atoms with E-state index in [1.54, 1.807) is 31.3 Å². The van der Waals surface area contributed by atoms with Crippen LogP contribution < -0.4 is 15.4 Å². The molecule has 0 unspecified atom stereocenters. The number of sulfonamides is 1. The number of amides is 1. The molecule has 0 atom stereocenters. The molecule has 38 heavy (non-hydrogen) atoms. The number of nitrogens with one attached hydrogen (secondary N) is 2. The lowest BCUT2D eigenvalue weighted by atomic mass is 9.87. The Bertz CT molecular complexity index is 1220. The van der Waals surface area contributed by atoms with Crippen molar-refractivity contribution in [2.24, 2.45) is 5.41 Å². The van der Waals surface area contributed by atoms with Crippen molar-refractivity contribution >= 4 is 38.9 Å². The van der Waals surface area contributed by atoms with Crippen molar-refractivity contribution in [2.45, 2.75) is 83.6 Å². The van der Waals surface area contributed by atoms with Gasteiger partial charge in [-0.2, -0.15) is 4.31 Å². The summed E-state index contributed by atoms with van der Waals surface area (Å²) in [7, 11) is -1.90. The summed E-state index contributed by atoms with van der Waals surface area (Å²) >= 11 is 5.35. The highest BCUT2D eigenvalue weighted by atomic mass is 32.2. The summed E-state index contributed by atoms with van der Waals surface area (Å²) < 4.78 is 33.5. The van der Waals surface area contributed by atoms with E-state index in [0.29, 0.717) is 18.7 Å². The Morgan fingerprint density at radius 1 is 1.08 bits per heavy atom.